The third kappa shape index (κ3) is 3.73. The average Bonchev–Trinajstić information content (AvgIpc) is 2.68. The molecule has 0 unspecified atom stereocenters. The van der Waals surface area contributed by atoms with E-state index >= 15 is 0 Å². The van der Waals surface area contributed by atoms with Crippen molar-refractivity contribution in [2.75, 3.05) is 36.5 Å². The van der Waals surface area contributed by atoms with Crippen LogP contribution in [0.25, 0.3) is 0 Å². The molecule has 4 rings (SSSR count). The van der Waals surface area contributed by atoms with E-state index in [1.807, 2.05) is 24.3 Å². The minimum absolute atomic E-state index is 0.197. The summed E-state index contributed by atoms with van der Waals surface area (Å²) in [5.41, 5.74) is 4.48. The molecule has 0 spiro atoms. The van der Waals surface area contributed by atoms with Crippen LogP contribution in [0.3, 0.4) is 0 Å². The number of benzene rings is 2. The molecule has 2 aromatic carbocycles. The van der Waals surface area contributed by atoms with Crippen molar-refractivity contribution in [3.63, 3.8) is 0 Å². The molecule has 1 aliphatic heterocycles. The van der Waals surface area contributed by atoms with Gasteiger partial charge in [0.15, 0.2) is 0 Å². The number of nitrogens with zero attached hydrogens (tertiary/aromatic N) is 1. The monoisotopic (exact) mass is 354 g/mol. The highest BCUT2D eigenvalue weighted by Crippen LogP contribution is 2.25. The Morgan fingerprint density at radius 2 is 1.77 bits per heavy atom. The van der Waals surface area contributed by atoms with Gasteiger partial charge in [0.1, 0.15) is 5.82 Å². The maximum atomic E-state index is 14.1. The molecule has 2 aromatic rings. The fourth-order valence-corrected chi connectivity index (χ4v) is 3.73. The second-order valence-corrected chi connectivity index (χ2v) is 6.94. The zero-order valence-corrected chi connectivity index (χ0v) is 14.8. The van der Waals surface area contributed by atoms with Crippen LogP contribution in [0.1, 0.15) is 34.3 Å². The molecule has 4 nitrogen and oxygen atoms in total. The summed E-state index contributed by atoms with van der Waals surface area (Å²) in [6, 6.07) is 10.6. The highest BCUT2D eigenvalue weighted by Gasteiger charge is 2.16. The molecule has 26 heavy (non-hydrogen) atoms. The first kappa shape index (κ1) is 17.0. The van der Waals surface area contributed by atoms with E-state index < -0.39 is 0 Å². The maximum Gasteiger partial charge on any atom is 0.255 e. The SMILES string of the molecule is O=C(Nc1cc(F)cc(N2CCOCC2)c1)c1ccc2c(c1)CCCC2. The summed E-state index contributed by atoms with van der Waals surface area (Å²) >= 11 is 0. The molecular formula is C21H23FN2O2. The van der Waals surface area contributed by atoms with Gasteiger partial charge in [-0.25, -0.2) is 4.39 Å². The molecule has 1 amide bonds. The number of halogens is 1. The van der Waals surface area contributed by atoms with E-state index in [1.165, 1.54) is 36.1 Å². The van der Waals surface area contributed by atoms with E-state index in [0.717, 1.165) is 31.6 Å². The Bertz CT molecular complexity index is 816. The average molecular weight is 354 g/mol. The number of amides is 1. The molecule has 136 valence electrons. The Hall–Kier alpha value is -2.40. The van der Waals surface area contributed by atoms with Crippen LogP contribution in [0, 0.1) is 5.82 Å². The standard InChI is InChI=1S/C21H23FN2O2/c22-18-12-19(14-20(13-18)24-7-9-26-10-8-24)23-21(25)17-6-5-15-3-1-2-4-16(15)11-17/h5-6,11-14H,1-4,7-10H2,(H,23,25). The number of rotatable bonds is 3. The van der Waals surface area contributed by atoms with Crippen molar-refractivity contribution in [1.82, 2.24) is 0 Å². The summed E-state index contributed by atoms with van der Waals surface area (Å²) in [6.45, 7) is 2.71. The number of aryl methyl sites for hydroxylation is 2. The topological polar surface area (TPSA) is 41.6 Å². The third-order valence-corrected chi connectivity index (χ3v) is 5.13. The van der Waals surface area contributed by atoms with Gasteiger partial charge in [-0.15, -0.1) is 0 Å². The van der Waals surface area contributed by atoms with Crippen LogP contribution in [-0.4, -0.2) is 32.2 Å². The molecule has 1 saturated heterocycles. The van der Waals surface area contributed by atoms with Gasteiger partial charge in [-0.1, -0.05) is 6.07 Å². The Labute approximate surface area is 153 Å². The maximum absolute atomic E-state index is 14.1. The molecule has 2 aliphatic rings. The van der Waals surface area contributed by atoms with E-state index in [-0.39, 0.29) is 11.7 Å². The summed E-state index contributed by atoms with van der Waals surface area (Å²) < 4.78 is 19.4. The molecule has 1 N–H and O–H groups in total. The first-order valence-corrected chi connectivity index (χ1v) is 9.25. The van der Waals surface area contributed by atoms with Crippen LogP contribution >= 0.6 is 0 Å². The summed E-state index contributed by atoms with van der Waals surface area (Å²) in [6.07, 6.45) is 4.50. The molecule has 5 heteroatoms. The highest BCUT2D eigenvalue weighted by atomic mass is 19.1. The van der Waals surface area contributed by atoms with Gasteiger partial charge in [0.25, 0.3) is 5.91 Å². The predicted octanol–water partition coefficient (Wildman–Crippen LogP) is 3.79. The van der Waals surface area contributed by atoms with Crippen molar-refractivity contribution in [1.29, 1.82) is 0 Å². The van der Waals surface area contributed by atoms with Crippen LogP contribution in [0.5, 0.6) is 0 Å². The van der Waals surface area contributed by atoms with Crippen molar-refractivity contribution >= 4 is 17.3 Å². The minimum atomic E-state index is -0.352. The second-order valence-electron chi connectivity index (χ2n) is 6.94. The third-order valence-electron chi connectivity index (χ3n) is 5.13. The Morgan fingerprint density at radius 1 is 1.00 bits per heavy atom. The summed E-state index contributed by atoms with van der Waals surface area (Å²) in [5, 5.41) is 2.85. The lowest BCUT2D eigenvalue weighted by Crippen LogP contribution is -2.36. The largest absolute Gasteiger partial charge is 0.378 e. The molecule has 1 heterocycles. The van der Waals surface area contributed by atoms with Crippen LogP contribution in [0.2, 0.25) is 0 Å². The number of nitrogens with one attached hydrogen (secondary N) is 1. The van der Waals surface area contributed by atoms with E-state index in [9.17, 15) is 9.18 Å². The molecule has 0 saturated carbocycles. The van der Waals surface area contributed by atoms with E-state index in [2.05, 4.69) is 10.2 Å². The van der Waals surface area contributed by atoms with Gasteiger partial charge in [0.05, 0.1) is 13.2 Å². The number of ether oxygens (including phenoxy) is 1. The van der Waals surface area contributed by atoms with E-state index in [0.29, 0.717) is 24.5 Å². The van der Waals surface area contributed by atoms with Crippen molar-refractivity contribution in [2.24, 2.45) is 0 Å². The van der Waals surface area contributed by atoms with Crippen LogP contribution in [-0.2, 0) is 17.6 Å². The summed E-state index contributed by atoms with van der Waals surface area (Å²) in [7, 11) is 0. The number of carbonyl (C=O) groups excluding carboxylic acids is 1. The molecule has 0 bridgehead atoms. The van der Waals surface area contributed by atoms with Gasteiger partial charge in [0, 0.05) is 30.0 Å². The van der Waals surface area contributed by atoms with Crippen molar-refractivity contribution < 1.29 is 13.9 Å². The summed E-state index contributed by atoms with van der Waals surface area (Å²) in [5.74, 6) is -0.549. The van der Waals surface area contributed by atoms with E-state index in [1.54, 1.807) is 0 Å². The van der Waals surface area contributed by atoms with Gasteiger partial charge in [-0.05, 0) is 67.1 Å². The lowest BCUT2D eigenvalue weighted by molar-refractivity contribution is 0.102. The van der Waals surface area contributed by atoms with Gasteiger partial charge in [-0.2, -0.15) is 0 Å². The Kier molecular flexibility index (Phi) is 4.89. The summed E-state index contributed by atoms with van der Waals surface area (Å²) in [4.78, 5) is 14.7. The van der Waals surface area contributed by atoms with E-state index in [4.69, 9.17) is 4.74 Å². The molecule has 0 atom stereocenters. The normalized spacial score (nSPS) is 16.9. The highest BCUT2D eigenvalue weighted by molar-refractivity contribution is 6.04. The number of fused-ring (bicyclic) bond motifs is 1. The van der Waals surface area contributed by atoms with Crippen LogP contribution in [0.15, 0.2) is 36.4 Å². The fraction of sp³-hybridized carbons (Fsp3) is 0.381. The smallest absolute Gasteiger partial charge is 0.255 e. The number of carbonyl (C=O) groups is 1. The predicted molar refractivity (Wildman–Crippen MR) is 100 cm³/mol. The first-order chi connectivity index (χ1) is 12.7. The number of anilines is 2. The lowest BCUT2D eigenvalue weighted by Gasteiger charge is -2.29. The number of hydrogen-bond donors (Lipinski definition) is 1. The van der Waals surface area contributed by atoms with Crippen LogP contribution in [0.4, 0.5) is 15.8 Å². The van der Waals surface area contributed by atoms with Gasteiger partial charge >= 0.3 is 0 Å². The number of hydrogen-bond acceptors (Lipinski definition) is 3. The van der Waals surface area contributed by atoms with Gasteiger partial charge < -0.3 is 15.0 Å². The van der Waals surface area contributed by atoms with Gasteiger partial charge in [0.2, 0.25) is 0 Å². The van der Waals surface area contributed by atoms with Crippen molar-refractivity contribution in [2.45, 2.75) is 25.7 Å². The zero-order chi connectivity index (χ0) is 17.9. The fourth-order valence-electron chi connectivity index (χ4n) is 3.73. The minimum Gasteiger partial charge on any atom is -0.378 e. The zero-order valence-electron chi connectivity index (χ0n) is 14.8. The second kappa shape index (κ2) is 7.46. The lowest BCUT2D eigenvalue weighted by atomic mass is 9.90. The Morgan fingerprint density at radius 3 is 2.58 bits per heavy atom. The van der Waals surface area contributed by atoms with Crippen molar-refractivity contribution in [3.05, 3.63) is 58.9 Å². The molecule has 0 aromatic heterocycles. The molecule has 0 radical (unpaired) electrons. The molecule has 1 fully saturated rings. The number of morpholine rings is 1. The quantitative estimate of drug-likeness (QED) is 0.912. The molecule has 1 aliphatic carbocycles. The Balaban J connectivity index is 1.53. The van der Waals surface area contributed by atoms with Gasteiger partial charge in [-0.3, -0.25) is 4.79 Å². The van der Waals surface area contributed by atoms with Crippen LogP contribution < -0.4 is 10.2 Å². The van der Waals surface area contributed by atoms with Crippen molar-refractivity contribution in [3.8, 4) is 0 Å². The first-order valence-electron chi connectivity index (χ1n) is 9.25. The molecular weight excluding hydrogens is 331 g/mol.